The number of nitrogens with zero attached hydrogens (tertiary/aromatic N) is 2. The van der Waals surface area contributed by atoms with Crippen LogP contribution in [-0.2, 0) is 19.1 Å². The van der Waals surface area contributed by atoms with Crippen molar-refractivity contribution in [2.24, 2.45) is 0 Å². The molecule has 2 heterocycles. The van der Waals surface area contributed by atoms with Gasteiger partial charge in [0.05, 0.1) is 38.0 Å². The number of imide groups is 1. The van der Waals surface area contributed by atoms with Crippen LogP contribution in [0, 0.1) is 0 Å². The normalized spacial score (nSPS) is 19.2. The van der Waals surface area contributed by atoms with Crippen LogP contribution >= 0.6 is 0 Å². The number of amides is 2. The Morgan fingerprint density at radius 3 is 2.27 bits per heavy atom. The summed E-state index contributed by atoms with van der Waals surface area (Å²) in [6, 6.07) is 13.4. The number of anilines is 3. The second-order valence-electron chi connectivity index (χ2n) is 7.15. The Labute approximate surface area is 174 Å². The van der Waals surface area contributed by atoms with E-state index in [1.165, 1.54) is 19.2 Å². The summed E-state index contributed by atoms with van der Waals surface area (Å²) in [5.74, 6) is -1.07. The van der Waals surface area contributed by atoms with Gasteiger partial charge in [-0.3, -0.25) is 9.59 Å². The first-order valence-electron chi connectivity index (χ1n) is 9.81. The third-order valence-corrected chi connectivity index (χ3v) is 5.28. The van der Waals surface area contributed by atoms with Gasteiger partial charge in [-0.05, 0) is 48.5 Å². The maximum absolute atomic E-state index is 12.8. The number of morpholine rings is 1. The molecule has 2 amide bonds. The van der Waals surface area contributed by atoms with Gasteiger partial charge in [0.1, 0.15) is 6.04 Å². The van der Waals surface area contributed by atoms with Gasteiger partial charge >= 0.3 is 5.97 Å². The molecule has 0 unspecified atom stereocenters. The highest BCUT2D eigenvalue weighted by atomic mass is 16.5. The first-order valence-corrected chi connectivity index (χ1v) is 9.81. The minimum Gasteiger partial charge on any atom is -0.465 e. The maximum Gasteiger partial charge on any atom is 0.337 e. The number of rotatable bonds is 5. The van der Waals surface area contributed by atoms with Gasteiger partial charge in [0.2, 0.25) is 5.91 Å². The van der Waals surface area contributed by atoms with Crippen molar-refractivity contribution in [2.45, 2.75) is 12.5 Å². The fraction of sp³-hybridized carbons (Fsp3) is 0.318. The molecular weight excluding hydrogens is 386 g/mol. The molecule has 0 spiro atoms. The number of ether oxygens (including phenoxy) is 2. The smallest absolute Gasteiger partial charge is 0.337 e. The van der Waals surface area contributed by atoms with Gasteiger partial charge in [0, 0.05) is 24.5 Å². The highest BCUT2D eigenvalue weighted by Gasteiger charge is 2.39. The average molecular weight is 409 g/mol. The van der Waals surface area contributed by atoms with Gasteiger partial charge < -0.3 is 19.7 Å². The van der Waals surface area contributed by atoms with Gasteiger partial charge in [-0.1, -0.05) is 0 Å². The number of benzene rings is 2. The third kappa shape index (κ3) is 3.99. The number of esters is 1. The summed E-state index contributed by atoms with van der Waals surface area (Å²) in [6.45, 7) is 3.14. The van der Waals surface area contributed by atoms with Crippen molar-refractivity contribution in [3.63, 3.8) is 0 Å². The van der Waals surface area contributed by atoms with Gasteiger partial charge in [-0.25, -0.2) is 9.69 Å². The van der Waals surface area contributed by atoms with E-state index in [9.17, 15) is 14.4 Å². The summed E-state index contributed by atoms with van der Waals surface area (Å²) in [4.78, 5) is 40.3. The van der Waals surface area contributed by atoms with Crippen LogP contribution in [0.4, 0.5) is 17.1 Å². The van der Waals surface area contributed by atoms with Crippen molar-refractivity contribution in [2.75, 3.05) is 48.5 Å². The van der Waals surface area contributed by atoms with Crippen LogP contribution < -0.4 is 15.1 Å². The summed E-state index contributed by atoms with van der Waals surface area (Å²) in [5.41, 5.74) is 2.67. The molecule has 0 radical (unpaired) electrons. The average Bonchev–Trinajstić information content (AvgIpc) is 3.07. The van der Waals surface area contributed by atoms with E-state index in [0.717, 1.165) is 42.6 Å². The zero-order valence-corrected chi connectivity index (χ0v) is 16.7. The van der Waals surface area contributed by atoms with E-state index in [1.54, 1.807) is 12.1 Å². The van der Waals surface area contributed by atoms with E-state index in [2.05, 4.69) is 15.0 Å². The zero-order valence-electron chi connectivity index (χ0n) is 16.7. The Balaban J connectivity index is 1.43. The molecule has 2 aliphatic heterocycles. The lowest BCUT2D eigenvalue weighted by Gasteiger charge is -2.29. The molecule has 2 saturated heterocycles. The van der Waals surface area contributed by atoms with Crippen molar-refractivity contribution in [1.29, 1.82) is 0 Å². The van der Waals surface area contributed by atoms with Crippen LogP contribution in [0.1, 0.15) is 16.8 Å². The minimum absolute atomic E-state index is 0.0722. The quantitative estimate of drug-likeness (QED) is 0.597. The first kappa shape index (κ1) is 19.9. The summed E-state index contributed by atoms with van der Waals surface area (Å²) in [7, 11) is 1.30. The second kappa shape index (κ2) is 8.54. The van der Waals surface area contributed by atoms with Crippen LogP contribution in [-0.4, -0.2) is 57.2 Å². The van der Waals surface area contributed by atoms with Gasteiger partial charge in [-0.2, -0.15) is 0 Å². The second-order valence-corrected chi connectivity index (χ2v) is 7.15. The van der Waals surface area contributed by atoms with Crippen LogP contribution in [0.2, 0.25) is 0 Å². The van der Waals surface area contributed by atoms with Crippen molar-refractivity contribution < 1.29 is 23.9 Å². The molecule has 1 atom stereocenters. The van der Waals surface area contributed by atoms with Gasteiger partial charge in [0.15, 0.2) is 0 Å². The molecule has 0 saturated carbocycles. The molecule has 4 rings (SSSR count). The Morgan fingerprint density at radius 1 is 1.00 bits per heavy atom. The molecule has 2 aromatic rings. The third-order valence-electron chi connectivity index (χ3n) is 5.28. The molecule has 0 aliphatic carbocycles. The van der Waals surface area contributed by atoms with Crippen LogP contribution in [0.3, 0.4) is 0 Å². The Hall–Kier alpha value is -3.39. The van der Waals surface area contributed by atoms with Crippen molar-refractivity contribution >= 4 is 34.8 Å². The van der Waals surface area contributed by atoms with Crippen molar-refractivity contribution in [3.8, 4) is 0 Å². The fourth-order valence-corrected chi connectivity index (χ4v) is 3.67. The highest BCUT2D eigenvalue weighted by molar-refractivity contribution is 6.23. The van der Waals surface area contributed by atoms with Crippen molar-refractivity contribution in [1.82, 2.24) is 0 Å². The lowest BCUT2D eigenvalue weighted by molar-refractivity contribution is -0.121. The van der Waals surface area contributed by atoms with E-state index < -0.39 is 12.0 Å². The van der Waals surface area contributed by atoms with E-state index in [0.29, 0.717) is 11.3 Å². The Kier molecular flexibility index (Phi) is 5.67. The lowest BCUT2D eigenvalue weighted by Crippen LogP contribution is -2.36. The molecule has 8 nitrogen and oxygen atoms in total. The molecule has 30 heavy (non-hydrogen) atoms. The van der Waals surface area contributed by atoms with Crippen LogP contribution in [0.25, 0.3) is 0 Å². The molecule has 0 aromatic heterocycles. The predicted octanol–water partition coefficient (Wildman–Crippen LogP) is 2.05. The summed E-state index contributed by atoms with van der Waals surface area (Å²) < 4.78 is 10.0. The molecule has 2 fully saturated rings. The zero-order chi connectivity index (χ0) is 21.1. The van der Waals surface area contributed by atoms with Crippen LogP contribution in [0.5, 0.6) is 0 Å². The number of carbonyl (C=O) groups excluding carboxylic acids is 3. The van der Waals surface area contributed by atoms with Gasteiger partial charge in [0.25, 0.3) is 5.91 Å². The molecule has 2 aliphatic rings. The standard InChI is InChI=1S/C22H23N3O5/c1-29-22(28)15-2-6-18(7-3-15)25-20(26)14-19(21(25)27)23-16-4-8-17(9-5-16)24-10-12-30-13-11-24/h2-9,19,23H,10-14H2,1H3/t19-/m0/s1. The van der Waals surface area contributed by atoms with Crippen molar-refractivity contribution in [3.05, 3.63) is 54.1 Å². The number of methoxy groups -OCH3 is 1. The summed E-state index contributed by atoms with van der Waals surface area (Å²) in [6.07, 6.45) is 0.0722. The topological polar surface area (TPSA) is 88.2 Å². The van der Waals surface area contributed by atoms with E-state index in [1.807, 2.05) is 24.3 Å². The summed E-state index contributed by atoms with van der Waals surface area (Å²) >= 11 is 0. The molecule has 156 valence electrons. The lowest BCUT2D eigenvalue weighted by atomic mass is 10.2. The van der Waals surface area contributed by atoms with E-state index >= 15 is 0 Å². The number of nitrogens with one attached hydrogen (secondary N) is 1. The molecular formula is C22H23N3O5. The molecule has 0 bridgehead atoms. The number of hydrogen-bond acceptors (Lipinski definition) is 7. The van der Waals surface area contributed by atoms with Crippen LogP contribution in [0.15, 0.2) is 48.5 Å². The molecule has 2 aromatic carbocycles. The fourth-order valence-electron chi connectivity index (χ4n) is 3.67. The predicted molar refractivity (Wildman–Crippen MR) is 112 cm³/mol. The molecule has 1 N–H and O–H groups in total. The number of carbonyl (C=O) groups is 3. The van der Waals surface area contributed by atoms with E-state index in [-0.39, 0.29) is 18.2 Å². The van der Waals surface area contributed by atoms with Gasteiger partial charge in [-0.15, -0.1) is 0 Å². The minimum atomic E-state index is -0.632. The monoisotopic (exact) mass is 409 g/mol. The molecule has 8 heteroatoms. The maximum atomic E-state index is 12.8. The van der Waals surface area contributed by atoms with E-state index in [4.69, 9.17) is 4.74 Å². The Bertz CT molecular complexity index is 936. The highest BCUT2D eigenvalue weighted by Crippen LogP contribution is 2.26. The SMILES string of the molecule is COC(=O)c1ccc(N2C(=O)C[C@H](Nc3ccc(N4CCOCC4)cc3)C2=O)cc1. The number of hydrogen-bond donors (Lipinski definition) is 1. The summed E-state index contributed by atoms with van der Waals surface area (Å²) in [5, 5.41) is 3.16. The largest absolute Gasteiger partial charge is 0.465 e. The Morgan fingerprint density at radius 2 is 1.63 bits per heavy atom. The first-order chi connectivity index (χ1) is 14.6.